The molecule has 2 aromatic rings. The molecular formula is C25H28Cl2N2O4. The van der Waals surface area contributed by atoms with E-state index in [0.29, 0.717) is 29.6 Å². The molecule has 2 N–H and O–H groups in total. The minimum Gasteiger partial charge on any atom is -0.481 e. The highest BCUT2D eigenvalue weighted by Gasteiger charge is 2.46. The number of carbonyl (C=O) groups is 3. The van der Waals surface area contributed by atoms with Crippen molar-refractivity contribution >= 4 is 41.4 Å². The first-order chi connectivity index (χ1) is 15.8. The van der Waals surface area contributed by atoms with Crippen LogP contribution in [-0.4, -0.2) is 47.3 Å². The standard InChI is InChI=1S/C25H28Cl2N2O4/c1-2-28-15-21(10-11-30)29-24(16-6-8-19(26)9-7-16)22(17-4-3-5-20(27)12-17)13-18(25(29)33)14-23(31)32/h3-9,11-12,18,21-22,24,28H,2,10,13-15H2,1H3,(H,31,32). The Labute approximate surface area is 203 Å². The van der Waals surface area contributed by atoms with Crippen LogP contribution in [0, 0.1) is 5.92 Å². The Kier molecular flexibility index (Phi) is 8.89. The number of aldehydes is 1. The molecule has 0 radical (unpaired) electrons. The number of likely N-dealkylation sites (N-methyl/N-ethyl adjacent to an activating group) is 1. The molecule has 1 aliphatic rings. The van der Waals surface area contributed by atoms with Crippen molar-refractivity contribution in [3.05, 3.63) is 69.7 Å². The zero-order chi connectivity index (χ0) is 24.0. The first kappa shape index (κ1) is 25.2. The molecule has 0 spiro atoms. The zero-order valence-corrected chi connectivity index (χ0v) is 19.9. The van der Waals surface area contributed by atoms with E-state index in [9.17, 15) is 19.5 Å². The maximum atomic E-state index is 13.7. The average molecular weight is 491 g/mol. The normalized spacial score (nSPS) is 21.6. The molecule has 3 rings (SSSR count). The second-order valence-electron chi connectivity index (χ2n) is 8.30. The maximum Gasteiger partial charge on any atom is 0.304 e. The Hall–Kier alpha value is -2.41. The minimum atomic E-state index is -1.03. The third-order valence-electron chi connectivity index (χ3n) is 6.12. The Morgan fingerprint density at radius 1 is 1.18 bits per heavy atom. The van der Waals surface area contributed by atoms with Gasteiger partial charge in [-0.05, 0) is 48.4 Å². The largest absolute Gasteiger partial charge is 0.481 e. The lowest BCUT2D eigenvalue weighted by Crippen LogP contribution is -2.54. The molecule has 4 unspecified atom stereocenters. The third kappa shape index (κ3) is 6.14. The van der Waals surface area contributed by atoms with Gasteiger partial charge in [0.15, 0.2) is 0 Å². The summed E-state index contributed by atoms with van der Waals surface area (Å²) < 4.78 is 0. The van der Waals surface area contributed by atoms with Crippen molar-refractivity contribution in [1.82, 2.24) is 10.2 Å². The summed E-state index contributed by atoms with van der Waals surface area (Å²) >= 11 is 12.4. The number of amides is 1. The monoisotopic (exact) mass is 490 g/mol. The first-order valence-corrected chi connectivity index (χ1v) is 11.8. The smallest absolute Gasteiger partial charge is 0.304 e. The third-order valence-corrected chi connectivity index (χ3v) is 6.61. The number of halogens is 2. The Bertz CT molecular complexity index is 983. The quantitative estimate of drug-likeness (QED) is 0.471. The predicted molar refractivity (Wildman–Crippen MR) is 129 cm³/mol. The number of benzene rings is 2. The number of carbonyl (C=O) groups excluding carboxylic acids is 2. The molecule has 0 saturated carbocycles. The molecule has 2 aromatic carbocycles. The molecule has 0 aliphatic carbocycles. The summed E-state index contributed by atoms with van der Waals surface area (Å²) in [6, 6.07) is 13.9. The molecule has 8 heteroatoms. The highest BCUT2D eigenvalue weighted by Crippen LogP contribution is 2.47. The number of nitrogens with one attached hydrogen (secondary N) is 1. The van der Waals surface area contributed by atoms with E-state index < -0.39 is 24.0 Å². The van der Waals surface area contributed by atoms with E-state index >= 15 is 0 Å². The average Bonchev–Trinajstić information content (AvgIpc) is 2.78. The Morgan fingerprint density at radius 2 is 1.91 bits per heavy atom. The number of piperidine rings is 1. The van der Waals surface area contributed by atoms with Crippen LogP contribution in [0.3, 0.4) is 0 Å². The van der Waals surface area contributed by atoms with Crippen LogP contribution in [0.1, 0.15) is 49.3 Å². The van der Waals surface area contributed by atoms with E-state index in [-0.39, 0.29) is 24.7 Å². The second-order valence-corrected chi connectivity index (χ2v) is 9.17. The zero-order valence-electron chi connectivity index (χ0n) is 18.4. The van der Waals surface area contributed by atoms with Gasteiger partial charge in [0.2, 0.25) is 5.91 Å². The molecule has 1 heterocycles. The van der Waals surface area contributed by atoms with E-state index in [1.807, 2.05) is 37.3 Å². The number of rotatable bonds is 10. The van der Waals surface area contributed by atoms with Crippen LogP contribution in [0.4, 0.5) is 0 Å². The van der Waals surface area contributed by atoms with Gasteiger partial charge in [-0.2, -0.15) is 0 Å². The van der Waals surface area contributed by atoms with E-state index in [2.05, 4.69) is 5.32 Å². The van der Waals surface area contributed by atoms with Crippen molar-refractivity contribution in [1.29, 1.82) is 0 Å². The van der Waals surface area contributed by atoms with E-state index in [0.717, 1.165) is 17.4 Å². The van der Waals surface area contributed by atoms with E-state index in [1.165, 1.54) is 0 Å². The lowest BCUT2D eigenvalue weighted by molar-refractivity contribution is -0.152. The molecular weight excluding hydrogens is 463 g/mol. The predicted octanol–water partition coefficient (Wildman–Crippen LogP) is 4.71. The van der Waals surface area contributed by atoms with Crippen LogP contribution in [0.15, 0.2) is 48.5 Å². The number of hydrogen-bond donors (Lipinski definition) is 2. The summed E-state index contributed by atoms with van der Waals surface area (Å²) in [7, 11) is 0. The molecule has 176 valence electrons. The van der Waals surface area contributed by atoms with Crippen molar-refractivity contribution < 1.29 is 19.5 Å². The molecule has 0 bridgehead atoms. The molecule has 1 saturated heterocycles. The van der Waals surface area contributed by atoms with Crippen LogP contribution in [0.5, 0.6) is 0 Å². The molecule has 33 heavy (non-hydrogen) atoms. The Balaban J connectivity index is 2.17. The van der Waals surface area contributed by atoms with E-state index in [4.69, 9.17) is 23.2 Å². The SMILES string of the molecule is CCNCC(CC=O)N1C(=O)C(CC(=O)O)CC(c2cccc(Cl)c2)C1c1ccc(Cl)cc1. The van der Waals surface area contributed by atoms with Crippen LogP contribution in [0.25, 0.3) is 0 Å². The lowest BCUT2D eigenvalue weighted by Gasteiger charge is -2.48. The molecule has 0 aromatic heterocycles. The topological polar surface area (TPSA) is 86.7 Å². The minimum absolute atomic E-state index is 0.144. The maximum absolute atomic E-state index is 13.7. The van der Waals surface area contributed by atoms with Crippen LogP contribution >= 0.6 is 23.2 Å². The number of carboxylic acid groups (broad SMARTS) is 1. The fraction of sp³-hybridized carbons (Fsp3) is 0.400. The van der Waals surface area contributed by atoms with Gasteiger partial charge in [0.1, 0.15) is 6.29 Å². The number of likely N-dealkylation sites (tertiary alicyclic amines) is 1. The van der Waals surface area contributed by atoms with Crippen molar-refractivity contribution in [3.8, 4) is 0 Å². The number of aliphatic carboxylic acids is 1. The van der Waals surface area contributed by atoms with Gasteiger partial charge in [-0.1, -0.05) is 54.4 Å². The molecule has 6 nitrogen and oxygen atoms in total. The van der Waals surface area contributed by atoms with Crippen molar-refractivity contribution in [3.63, 3.8) is 0 Å². The number of nitrogens with zero attached hydrogens (tertiary/aromatic N) is 1. The summed E-state index contributed by atoms with van der Waals surface area (Å²) in [6.07, 6.45) is 1.05. The fourth-order valence-corrected chi connectivity index (χ4v) is 5.02. The van der Waals surface area contributed by atoms with Crippen LogP contribution < -0.4 is 5.32 Å². The number of carboxylic acids is 1. The van der Waals surface area contributed by atoms with Crippen molar-refractivity contribution in [2.75, 3.05) is 13.1 Å². The lowest BCUT2D eigenvalue weighted by atomic mass is 9.74. The van der Waals surface area contributed by atoms with Crippen molar-refractivity contribution in [2.24, 2.45) is 5.92 Å². The van der Waals surface area contributed by atoms with Gasteiger partial charge in [0, 0.05) is 34.8 Å². The van der Waals surface area contributed by atoms with Gasteiger partial charge in [-0.15, -0.1) is 0 Å². The molecule has 1 fully saturated rings. The molecule has 4 atom stereocenters. The summed E-state index contributed by atoms with van der Waals surface area (Å²) in [5, 5.41) is 13.9. The summed E-state index contributed by atoms with van der Waals surface area (Å²) in [5.41, 5.74) is 1.79. The second kappa shape index (κ2) is 11.6. The van der Waals surface area contributed by atoms with Gasteiger partial charge in [0.25, 0.3) is 0 Å². The molecule has 1 amide bonds. The highest BCUT2D eigenvalue weighted by atomic mass is 35.5. The van der Waals surface area contributed by atoms with Gasteiger partial charge in [-0.25, -0.2) is 0 Å². The van der Waals surface area contributed by atoms with Crippen LogP contribution in [0.2, 0.25) is 10.0 Å². The summed E-state index contributed by atoms with van der Waals surface area (Å²) in [6.45, 7) is 3.06. The van der Waals surface area contributed by atoms with Gasteiger partial charge < -0.3 is 20.1 Å². The van der Waals surface area contributed by atoms with E-state index in [1.54, 1.807) is 23.1 Å². The van der Waals surface area contributed by atoms with Crippen LogP contribution in [-0.2, 0) is 14.4 Å². The number of hydrogen-bond acceptors (Lipinski definition) is 4. The first-order valence-electron chi connectivity index (χ1n) is 11.0. The summed E-state index contributed by atoms with van der Waals surface area (Å²) in [4.78, 5) is 38.6. The Morgan fingerprint density at radius 3 is 2.52 bits per heavy atom. The highest BCUT2D eigenvalue weighted by molar-refractivity contribution is 6.30. The van der Waals surface area contributed by atoms with Gasteiger partial charge in [0.05, 0.1) is 18.5 Å². The molecule has 1 aliphatic heterocycles. The fourth-order valence-electron chi connectivity index (χ4n) is 4.69. The summed E-state index contributed by atoms with van der Waals surface area (Å²) in [5.74, 6) is -2.18. The van der Waals surface area contributed by atoms with Gasteiger partial charge >= 0.3 is 5.97 Å². The van der Waals surface area contributed by atoms with Gasteiger partial charge in [-0.3, -0.25) is 9.59 Å². The van der Waals surface area contributed by atoms with Crippen molar-refractivity contribution in [2.45, 2.75) is 44.2 Å².